The van der Waals surface area contributed by atoms with E-state index in [1.165, 1.54) is 0 Å². The zero-order valence-corrected chi connectivity index (χ0v) is 11.8. The highest BCUT2D eigenvalue weighted by Crippen LogP contribution is 2.59. The van der Waals surface area contributed by atoms with E-state index in [2.05, 4.69) is 0 Å². The summed E-state index contributed by atoms with van der Waals surface area (Å²) in [6, 6.07) is 0. The lowest BCUT2D eigenvalue weighted by molar-refractivity contribution is -0.391. The molecule has 0 rings (SSSR count). The third-order valence-electron chi connectivity index (χ3n) is 2.65. The van der Waals surface area contributed by atoms with Crippen LogP contribution in [-0.2, 0) is 10.1 Å². The molecule has 0 aromatic carbocycles. The Kier molecular flexibility index (Phi) is 5.78. The van der Waals surface area contributed by atoms with Gasteiger partial charge >= 0.3 is 35.1 Å². The summed E-state index contributed by atoms with van der Waals surface area (Å²) < 4.78 is 193. The molecule has 0 unspecified atom stereocenters. The quantitative estimate of drug-likeness (QED) is 0.456. The summed E-state index contributed by atoms with van der Waals surface area (Å²) >= 11 is 0. The van der Waals surface area contributed by atoms with E-state index in [-0.39, 0.29) is 0 Å². The first kappa shape index (κ1) is 24.0. The molecule has 3 nitrogen and oxygen atoms in total. The molecule has 0 amide bonds. The molecule has 0 aliphatic rings. The zero-order valence-electron chi connectivity index (χ0n) is 11.0. The van der Waals surface area contributed by atoms with Crippen LogP contribution in [0.1, 0.15) is 12.8 Å². The van der Waals surface area contributed by atoms with Gasteiger partial charge in [-0.15, -0.1) is 0 Å². The van der Waals surface area contributed by atoms with Crippen molar-refractivity contribution in [3.05, 3.63) is 0 Å². The second kappa shape index (κ2) is 6.02. The molecule has 0 aliphatic carbocycles. The molecular weight excluding hydrogens is 423 g/mol. The minimum atomic E-state index is -7.92. The highest BCUT2D eigenvalue weighted by Gasteiger charge is 2.87. The van der Waals surface area contributed by atoms with Crippen molar-refractivity contribution < 1.29 is 70.0 Å². The Morgan fingerprint density at radius 3 is 1.24 bits per heavy atom. The summed E-state index contributed by atoms with van der Waals surface area (Å²) in [5.41, 5.74) is 0. The van der Waals surface area contributed by atoms with Crippen molar-refractivity contribution in [1.29, 1.82) is 0 Å². The molecule has 0 aliphatic heterocycles. The monoisotopic (exact) mass is 427 g/mol. The maximum Gasteiger partial charge on any atom is 0.402 e. The molecule has 0 N–H and O–H groups in total. The van der Waals surface area contributed by atoms with Gasteiger partial charge < -0.3 is 4.55 Å². The van der Waals surface area contributed by atoms with E-state index in [9.17, 15) is 70.0 Å². The van der Waals surface area contributed by atoms with E-state index in [0.717, 1.165) is 0 Å². The van der Waals surface area contributed by atoms with Crippen LogP contribution in [0.3, 0.4) is 0 Å². The van der Waals surface area contributed by atoms with Crippen LogP contribution in [0.5, 0.6) is 0 Å². The molecule has 0 aromatic heterocycles. The number of rotatable bonds is 7. The first-order chi connectivity index (χ1) is 10.5. The summed E-state index contributed by atoms with van der Waals surface area (Å²) in [6.07, 6.45) is -11.8. The largest absolute Gasteiger partial charge is 0.743 e. The zero-order chi connectivity index (χ0) is 20.9. The van der Waals surface area contributed by atoms with Crippen LogP contribution < -0.4 is 0 Å². The first-order valence-electron chi connectivity index (χ1n) is 5.37. The molecule has 0 spiro atoms. The van der Waals surface area contributed by atoms with Crippen LogP contribution in [0.15, 0.2) is 0 Å². The first-order valence-corrected chi connectivity index (χ1v) is 6.78. The second-order valence-corrected chi connectivity index (χ2v) is 5.93. The van der Waals surface area contributed by atoms with Crippen LogP contribution in [-0.4, -0.2) is 48.1 Å². The van der Waals surface area contributed by atoms with Gasteiger partial charge in [0.25, 0.3) is 0 Å². The number of hydrogen-bond acceptors (Lipinski definition) is 3. The highest BCUT2D eigenvalue weighted by molar-refractivity contribution is 7.86. The molecule has 0 aromatic rings. The van der Waals surface area contributed by atoms with Crippen LogP contribution in [0.25, 0.3) is 0 Å². The summed E-state index contributed by atoms with van der Waals surface area (Å²) in [4.78, 5) is 0. The van der Waals surface area contributed by atoms with E-state index in [4.69, 9.17) is 0 Å². The van der Waals surface area contributed by atoms with Crippen molar-refractivity contribution in [3.63, 3.8) is 0 Å². The normalized spacial score (nSPS) is 16.2. The Balaban J connectivity index is 6.12. The van der Waals surface area contributed by atoms with E-state index < -0.39 is 58.1 Å². The number of alkyl halides is 13. The topological polar surface area (TPSA) is 57.2 Å². The Bertz CT molecular complexity index is 591. The summed E-state index contributed by atoms with van der Waals surface area (Å²) in [5.74, 6) is -30.0. The van der Waals surface area contributed by atoms with Gasteiger partial charge in [0, 0.05) is 12.8 Å². The van der Waals surface area contributed by atoms with Crippen LogP contribution >= 0.6 is 0 Å². The van der Waals surface area contributed by atoms with Gasteiger partial charge in [0.15, 0.2) is 10.1 Å². The molecule has 0 atom stereocenters. The smallest absolute Gasteiger partial charge is 0.402 e. The predicted molar refractivity (Wildman–Crippen MR) is 49.7 cm³/mol. The van der Waals surface area contributed by atoms with Gasteiger partial charge in [-0.2, -0.15) is 57.1 Å². The second-order valence-electron chi connectivity index (χ2n) is 4.51. The Morgan fingerprint density at radius 1 is 0.600 bits per heavy atom. The van der Waals surface area contributed by atoms with Gasteiger partial charge in [-0.3, -0.25) is 0 Å². The van der Waals surface area contributed by atoms with Crippen molar-refractivity contribution in [1.82, 2.24) is 0 Å². The minimum Gasteiger partial charge on any atom is -0.743 e. The number of halogens is 13. The fraction of sp³-hybridized carbons (Fsp3) is 1.00. The van der Waals surface area contributed by atoms with Gasteiger partial charge in [-0.05, 0) is 0 Å². The fourth-order valence-corrected chi connectivity index (χ4v) is 1.66. The van der Waals surface area contributed by atoms with Gasteiger partial charge in [0.05, 0.1) is 0 Å². The maximum atomic E-state index is 13.0. The maximum absolute atomic E-state index is 13.0. The SMILES string of the molecule is O=S(=O)([O-])C(F)(F)C(F)(F)C(F)(F)C(F)(F)C(F)(F)CCC(F)(F)F. The van der Waals surface area contributed by atoms with E-state index in [0.29, 0.717) is 0 Å². The summed E-state index contributed by atoms with van der Waals surface area (Å²) in [5, 5.41) is -7.48. The lowest BCUT2D eigenvalue weighted by Gasteiger charge is -2.39. The lowest BCUT2D eigenvalue weighted by atomic mass is 9.95. The van der Waals surface area contributed by atoms with Crippen LogP contribution in [0.4, 0.5) is 57.1 Å². The summed E-state index contributed by atoms with van der Waals surface area (Å²) in [7, 11) is -7.76. The van der Waals surface area contributed by atoms with Gasteiger partial charge in [-0.1, -0.05) is 0 Å². The van der Waals surface area contributed by atoms with Crippen LogP contribution in [0, 0.1) is 0 Å². The molecule has 0 fully saturated rings. The van der Waals surface area contributed by atoms with Crippen molar-refractivity contribution >= 4 is 10.1 Å². The van der Waals surface area contributed by atoms with Gasteiger partial charge in [0.1, 0.15) is 0 Å². The molecular formula is C8H4F13O3S-. The van der Waals surface area contributed by atoms with Crippen molar-refractivity contribution in [2.24, 2.45) is 0 Å². The molecule has 17 heteroatoms. The van der Waals surface area contributed by atoms with Gasteiger partial charge in [-0.25, -0.2) is 8.42 Å². The molecule has 0 saturated heterocycles. The number of hydrogen-bond donors (Lipinski definition) is 0. The summed E-state index contributed by atoms with van der Waals surface area (Å²) in [6.45, 7) is 0. The molecule has 0 heterocycles. The molecule has 0 saturated carbocycles. The van der Waals surface area contributed by atoms with E-state index in [1.54, 1.807) is 0 Å². The fourth-order valence-electron chi connectivity index (χ4n) is 1.22. The van der Waals surface area contributed by atoms with Gasteiger partial charge in [0.2, 0.25) is 0 Å². The predicted octanol–water partition coefficient (Wildman–Crippen LogP) is 4.01. The molecule has 25 heavy (non-hydrogen) atoms. The Labute approximate surface area is 129 Å². The third-order valence-corrected chi connectivity index (χ3v) is 3.53. The highest BCUT2D eigenvalue weighted by atomic mass is 32.2. The van der Waals surface area contributed by atoms with Crippen molar-refractivity contribution in [3.8, 4) is 0 Å². The average Bonchev–Trinajstić information content (AvgIpc) is 2.33. The molecule has 152 valence electrons. The van der Waals surface area contributed by atoms with Crippen molar-refractivity contribution in [2.75, 3.05) is 0 Å². The lowest BCUT2D eigenvalue weighted by Crippen LogP contribution is -2.68. The molecule has 0 radical (unpaired) electrons. The standard InChI is InChI=1S/C8H5F13O3S/c9-3(10,1-2-4(11,12)13)5(14,15)6(16,17)7(18,19)8(20,21)25(22,23)24/h1-2H2,(H,22,23,24)/p-1. The van der Waals surface area contributed by atoms with Crippen molar-refractivity contribution in [2.45, 2.75) is 48.0 Å². The van der Waals surface area contributed by atoms with E-state index >= 15 is 0 Å². The third kappa shape index (κ3) is 3.90. The Morgan fingerprint density at radius 2 is 0.960 bits per heavy atom. The van der Waals surface area contributed by atoms with Crippen LogP contribution in [0.2, 0.25) is 0 Å². The average molecular weight is 427 g/mol. The Hall–Kier alpha value is -1.00. The van der Waals surface area contributed by atoms with E-state index in [1.807, 2.05) is 0 Å². The minimum absolute atomic E-state index is 2.90. The molecule has 0 bridgehead atoms.